The lowest BCUT2D eigenvalue weighted by Crippen LogP contribution is -2.66. The number of hydrogen-bond acceptors (Lipinski definition) is 18. The molecule has 102 heavy (non-hydrogen) atoms. The minimum absolute atomic E-state index is 0.227. The Hall–Kier alpha value is -3.55. The van der Waals surface area contributed by atoms with Gasteiger partial charge in [-0.1, -0.05) is 284 Å². The largest absolute Gasteiger partial charge is 0.394 e. The van der Waals surface area contributed by atoms with Gasteiger partial charge in [-0.2, -0.15) is 0 Å². The van der Waals surface area contributed by atoms with Gasteiger partial charge in [0.05, 0.1) is 38.6 Å². The molecule has 3 aliphatic heterocycles. The van der Waals surface area contributed by atoms with Crippen molar-refractivity contribution in [2.45, 2.75) is 381 Å². The fraction of sp³-hybridized carbons (Fsp3) is 0.771. The maximum Gasteiger partial charge on any atom is 0.220 e. The van der Waals surface area contributed by atoms with Crippen molar-refractivity contribution in [1.82, 2.24) is 5.32 Å². The highest BCUT2D eigenvalue weighted by Gasteiger charge is 2.54. The fourth-order valence-corrected chi connectivity index (χ4v) is 12.9. The SMILES string of the molecule is CC/C=C\C/C=C\C/C=C\C/C=C\C/C=C\C/C=C\CCCCCCCCCCCCCCCCCCC(=O)NC(COC1OC(CO)C(OC2OC(CO)C(OC3OC(CO)C(O)C(O)C3O)C(O)C2O)C(O)C1O)C(O)/C=C/CC/C=C/CC/C=C/CCCCCCCCCCCCCC. The van der Waals surface area contributed by atoms with Crippen molar-refractivity contribution in [3.05, 3.63) is 109 Å². The molecule has 0 spiro atoms. The third kappa shape index (κ3) is 42.1. The number of aliphatic hydroxyl groups excluding tert-OH is 11. The van der Waals surface area contributed by atoms with Gasteiger partial charge in [0.1, 0.15) is 73.2 Å². The monoisotopic (exact) mass is 1440 g/mol. The molecule has 588 valence electrons. The van der Waals surface area contributed by atoms with Crippen LogP contribution in [0.15, 0.2) is 109 Å². The molecule has 0 aliphatic carbocycles. The lowest BCUT2D eigenvalue weighted by molar-refractivity contribution is -0.379. The average molecular weight is 1440 g/mol. The number of carbonyl (C=O) groups is 1. The van der Waals surface area contributed by atoms with Gasteiger partial charge in [0.25, 0.3) is 0 Å². The molecule has 0 bridgehead atoms. The molecular weight excluding hydrogens is 1300 g/mol. The molecule has 3 rings (SSSR count). The highest BCUT2D eigenvalue weighted by atomic mass is 16.8. The molecular formula is C83H143NO18. The van der Waals surface area contributed by atoms with Crippen LogP contribution in [-0.4, -0.2) is 193 Å². The summed E-state index contributed by atoms with van der Waals surface area (Å²) in [6, 6.07) is -1.00. The van der Waals surface area contributed by atoms with Gasteiger partial charge in [0, 0.05) is 6.42 Å². The van der Waals surface area contributed by atoms with Gasteiger partial charge in [-0.3, -0.25) is 4.79 Å². The highest BCUT2D eigenvalue weighted by Crippen LogP contribution is 2.33. The van der Waals surface area contributed by atoms with Crippen molar-refractivity contribution in [2.75, 3.05) is 26.4 Å². The van der Waals surface area contributed by atoms with E-state index in [9.17, 15) is 61.0 Å². The molecule has 19 heteroatoms. The summed E-state index contributed by atoms with van der Waals surface area (Å²) in [6.45, 7) is 1.61. The van der Waals surface area contributed by atoms with E-state index in [4.69, 9.17) is 28.4 Å². The van der Waals surface area contributed by atoms with Gasteiger partial charge in [-0.05, 0) is 96.3 Å². The van der Waals surface area contributed by atoms with Crippen LogP contribution in [0.25, 0.3) is 0 Å². The van der Waals surface area contributed by atoms with Crippen molar-refractivity contribution in [1.29, 1.82) is 0 Å². The molecule has 0 aromatic rings. The van der Waals surface area contributed by atoms with Crippen molar-refractivity contribution in [2.24, 2.45) is 0 Å². The number of rotatable bonds is 62. The van der Waals surface area contributed by atoms with Crippen LogP contribution < -0.4 is 5.32 Å². The Balaban J connectivity index is 1.37. The van der Waals surface area contributed by atoms with Gasteiger partial charge in [0.15, 0.2) is 18.9 Å². The van der Waals surface area contributed by atoms with Crippen molar-refractivity contribution < 1.29 is 89.4 Å². The van der Waals surface area contributed by atoms with E-state index in [2.05, 4.69) is 116 Å². The van der Waals surface area contributed by atoms with E-state index in [1.807, 2.05) is 6.08 Å². The molecule has 0 saturated carbocycles. The first-order chi connectivity index (χ1) is 49.8. The zero-order chi connectivity index (χ0) is 73.9. The Bertz CT molecular complexity index is 2270. The summed E-state index contributed by atoms with van der Waals surface area (Å²) in [7, 11) is 0. The summed E-state index contributed by atoms with van der Waals surface area (Å²) >= 11 is 0. The lowest BCUT2D eigenvalue weighted by atomic mass is 9.96. The summed E-state index contributed by atoms with van der Waals surface area (Å²) in [5.74, 6) is -0.291. The van der Waals surface area contributed by atoms with E-state index in [0.29, 0.717) is 12.8 Å². The van der Waals surface area contributed by atoms with E-state index in [-0.39, 0.29) is 18.9 Å². The Morgan fingerprint density at radius 1 is 0.363 bits per heavy atom. The summed E-state index contributed by atoms with van der Waals surface area (Å²) in [4.78, 5) is 13.5. The maximum absolute atomic E-state index is 13.5. The molecule has 1 amide bonds. The van der Waals surface area contributed by atoms with Crippen LogP contribution in [-0.2, 0) is 33.2 Å². The Morgan fingerprint density at radius 2 is 0.686 bits per heavy atom. The van der Waals surface area contributed by atoms with E-state index in [1.165, 1.54) is 161 Å². The molecule has 3 fully saturated rings. The van der Waals surface area contributed by atoms with E-state index in [1.54, 1.807) is 6.08 Å². The predicted molar refractivity (Wildman–Crippen MR) is 406 cm³/mol. The topological polar surface area (TPSA) is 307 Å². The maximum atomic E-state index is 13.5. The van der Waals surface area contributed by atoms with Gasteiger partial charge in [-0.25, -0.2) is 0 Å². The van der Waals surface area contributed by atoms with E-state index >= 15 is 0 Å². The number of aliphatic hydroxyl groups is 11. The summed E-state index contributed by atoms with van der Waals surface area (Å²) in [6.07, 6.45) is 59.3. The molecule has 3 aliphatic rings. The second kappa shape index (κ2) is 62.5. The minimum atomic E-state index is -1.99. The first kappa shape index (κ1) is 92.7. The Morgan fingerprint density at radius 3 is 1.10 bits per heavy atom. The second-order valence-electron chi connectivity index (χ2n) is 28.1. The van der Waals surface area contributed by atoms with Crippen molar-refractivity contribution >= 4 is 5.91 Å². The molecule has 17 atom stereocenters. The zero-order valence-electron chi connectivity index (χ0n) is 62.8. The van der Waals surface area contributed by atoms with Gasteiger partial charge in [0.2, 0.25) is 5.91 Å². The zero-order valence-corrected chi connectivity index (χ0v) is 62.8. The van der Waals surface area contributed by atoms with Crippen LogP contribution in [0.5, 0.6) is 0 Å². The molecule has 0 radical (unpaired) electrons. The van der Waals surface area contributed by atoms with Crippen LogP contribution in [0.3, 0.4) is 0 Å². The van der Waals surface area contributed by atoms with Gasteiger partial charge >= 0.3 is 0 Å². The molecule has 19 nitrogen and oxygen atoms in total. The number of nitrogens with one attached hydrogen (secondary N) is 1. The van der Waals surface area contributed by atoms with Crippen LogP contribution in [0.4, 0.5) is 0 Å². The molecule has 0 aromatic heterocycles. The van der Waals surface area contributed by atoms with E-state index in [0.717, 1.165) is 83.5 Å². The third-order valence-corrected chi connectivity index (χ3v) is 19.3. The number of allylic oxidation sites excluding steroid dienone is 17. The van der Waals surface area contributed by atoms with Crippen LogP contribution in [0.2, 0.25) is 0 Å². The number of amides is 1. The fourth-order valence-electron chi connectivity index (χ4n) is 12.9. The summed E-state index contributed by atoms with van der Waals surface area (Å²) < 4.78 is 34.4. The standard InChI is InChI=1S/C83H143NO18/c1-3-5-7-9-11-13-15-17-19-21-23-25-27-28-29-30-31-32-33-34-35-36-37-38-39-41-43-45-47-49-51-53-55-57-59-61-71(89)84-66(67(88)60-58-56-54-52-50-48-46-44-42-40-26-24-22-20-18-16-14-12-10-8-6-4-2)65-97-81-77(95)74(92)79(69(63-86)99-81)102-83-78(96)75(93)80(70(64-87)100-83)101-82-76(94)73(91)72(90)68(62-85)98-82/h5,7,11,13,17,19,23,25,28-29,31-32,42,44,50,52,58,60,66-70,72-83,85-88,90-96H,3-4,6,8-10,12,14-16,18,20-22,24,26-27,30,33-41,43,45-49,51,53-57,59,61-65H2,1-2H3,(H,84,89)/b7-5-,13-11-,19-17-,25-23-,29-28-,32-31-,44-42+,52-50+,60-58+. The minimum Gasteiger partial charge on any atom is -0.394 e. The van der Waals surface area contributed by atoms with Crippen LogP contribution in [0, 0.1) is 0 Å². The first-order valence-corrected chi connectivity index (χ1v) is 40.1. The normalized spacial score (nSPS) is 26.8. The number of carbonyl (C=O) groups excluding carboxylic acids is 1. The molecule has 3 heterocycles. The molecule has 17 unspecified atom stereocenters. The number of hydrogen-bond donors (Lipinski definition) is 12. The first-order valence-electron chi connectivity index (χ1n) is 40.1. The van der Waals surface area contributed by atoms with Gasteiger partial charge in [-0.15, -0.1) is 0 Å². The van der Waals surface area contributed by atoms with Gasteiger partial charge < -0.3 is 89.9 Å². The van der Waals surface area contributed by atoms with Crippen LogP contribution in [0.1, 0.15) is 277 Å². The smallest absolute Gasteiger partial charge is 0.220 e. The summed E-state index contributed by atoms with van der Waals surface area (Å²) in [5, 5.41) is 121. The van der Waals surface area contributed by atoms with E-state index < -0.39 is 124 Å². The third-order valence-electron chi connectivity index (χ3n) is 19.3. The molecule has 3 saturated heterocycles. The highest BCUT2D eigenvalue weighted by molar-refractivity contribution is 5.76. The average Bonchev–Trinajstić information content (AvgIpc) is 0.781. The molecule has 0 aromatic carbocycles. The summed E-state index contributed by atoms with van der Waals surface area (Å²) in [5.41, 5.74) is 0. The number of ether oxygens (including phenoxy) is 6. The Labute approximate surface area is 615 Å². The number of unbranched alkanes of at least 4 members (excludes halogenated alkanes) is 30. The van der Waals surface area contributed by atoms with Crippen molar-refractivity contribution in [3.63, 3.8) is 0 Å². The predicted octanol–water partition coefficient (Wildman–Crippen LogP) is 13.3. The lowest BCUT2D eigenvalue weighted by Gasteiger charge is -2.48. The second-order valence-corrected chi connectivity index (χ2v) is 28.1. The Kier molecular flexibility index (Phi) is 56.8. The van der Waals surface area contributed by atoms with Crippen molar-refractivity contribution in [3.8, 4) is 0 Å². The van der Waals surface area contributed by atoms with Crippen LogP contribution >= 0.6 is 0 Å². The quantitative estimate of drug-likeness (QED) is 0.0199. The molecule has 12 N–H and O–H groups in total.